The van der Waals surface area contributed by atoms with Gasteiger partial charge < -0.3 is 5.11 Å². The number of aliphatic carboxylic acids is 1. The molecular formula is C14H11FN4O3S. The van der Waals surface area contributed by atoms with Crippen molar-refractivity contribution in [3.8, 4) is 0 Å². The molecule has 0 unspecified atom stereocenters. The lowest BCUT2D eigenvalue weighted by Crippen LogP contribution is -2.30. The number of nitrogens with zero attached hydrogens (tertiary/aromatic N) is 4. The summed E-state index contributed by atoms with van der Waals surface area (Å²) in [6.07, 6.45) is -0.210. The SMILES string of the molecule is O=C(O)CCc1nnc2n(c1=O)N=C(c1ccc(F)cc1)CS2. The van der Waals surface area contributed by atoms with Crippen LogP contribution in [0.5, 0.6) is 0 Å². The van der Waals surface area contributed by atoms with Crippen LogP contribution in [0.15, 0.2) is 39.3 Å². The number of aromatic nitrogens is 3. The Hall–Kier alpha value is -2.55. The van der Waals surface area contributed by atoms with E-state index in [2.05, 4.69) is 15.3 Å². The minimum absolute atomic E-state index is 0.00643. The number of fused-ring (bicyclic) bond motifs is 1. The molecule has 0 radical (unpaired) electrons. The standard InChI is InChI=1S/C14H11FN4O3S/c15-9-3-1-8(2-4-9)11-7-23-14-17-16-10(5-6-12(20)21)13(22)19(14)18-11/h1-4H,5-7H2,(H,20,21). The molecule has 9 heteroatoms. The van der Waals surface area contributed by atoms with Crippen molar-refractivity contribution < 1.29 is 14.3 Å². The number of halogens is 1. The van der Waals surface area contributed by atoms with Crippen LogP contribution >= 0.6 is 11.8 Å². The molecule has 0 bridgehead atoms. The Labute approximate surface area is 133 Å². The van der Waals surface area contributed by atoms with Crippen molar-refractivity contribution in [1.82, 2.24) is 14.9 Å². The molecule has 0 saturated heterocycles. The highest BCUT2D eigenvalue weighted by molar-refractivity contribution is 7.99. The van der Waals surface area contributed by atoms with E-state index in [0.717, 1.165) is 4.68 Å². The van der Waals surface area contributed by atoms with Crippen molar-refractivity contribution in [3.05, 3.63) is 51.7 Å². The lowest BCUT2D eigenvalue weighted by Gasteiger charge is -2.15. The van der Waals surface area contributed by atoms with Crippen molar-refractivity contribution in [3.63, 3.8) is 0 Å². The summed E-state index contributed by atoms with van der Waals surface area (Å²) in [6, 6.07) is 5.82. The number of aryl methyl sites for hydroxylation is 1. The molecule has 3 rings (SSSR count). The van der Waals surface area contributed by atoms with E-state index in [0.29, 0.717) is 22.2 Å². The predicted molar refractivity (Wildman–Crippen MR) is 81.3 cm³/mol. The molecule has 2 heterocycles. The van der Waals surface area contributed by atoms with E-state index in [9.17, 15) is 14.0 Å². The van der Waals surface area contributed by atoms with E-state index in [4.69, 9.17) is 5.11 Å². The highest BCUT2D eigenvalue weighted by Crippen LogP contribution is 2.21. The van der Waals surface area contributed by atoms with Gasteiger partial charge in [0, 0.05) is 12.2 Å². The van der Waals surface area contributed by atoms with Crippen molar-refractivity contribution in [2.45, 2.75) is 18.0 Å². The van der Waals surface area contributed by atoms with Crippen LogP contribution in [0.3, 0.4) is 0 Å². The number of carbonyl (C=O) groups is 1. The normalized spacial score (nSPS) is 13.3. The molecular weight excluding hydrogens is 323 g/mol. The van der Waals surface area contributed by atoms with Crippen LogP contribution in [0.2, 0.25) is 0 Å². The number of hydrogen-bond acceptors (Lipinski definition) is 6. The number of thioether (sulfide) groups is 1. The fourth-order valence-corrected chi connectivity index (χ4v) is 2.86. The van der Waals surface area contributed by atoms with Crippen LogP contribution in [0.4, 0.5) is 4.39 Å². The first-order valence-electron chi connectivity index (χ1n) is 6.71. The van der Waals surface area contributed by atoms with Gasteiger partial charge in [0.2, 0.25) is 5.16 Å². The van der Waals surface area contributed by atoms with E-state index in [1.165, 1.54) is 23.9 Å². The minimum Gasteiger partial charge on any atom is -0.481 e. The van der Waals surface area contributed by atoms with Gasteiger partial charge in [0.15, 0.2) is 0 Å². The van der Waals surface area contributed by atoms with Gasteiger partial charge in [-0.05, 0) is 17.7 Å². The number of carboxylic acid groups (broad SMARTS) is 1. The van der Waals surface area contributed by atoms with Crippen molar-refractivity contribution >= 4 is 23.4 Å². The number of rotatable bonds is 4. The quantitative estimate of drug-likeness (QED) is 0.901. The Morgan fingerprint density at radius 3 is 2.74 bits per heavy atom. The molecule has 1 N–H and O–H groups in total. The van der Waals surface area contributed by atoms with Gasteiger partial charge in [-0.25, -0.2) is 4.39 Å². The molecule has 118 valence electrons. The second-order valence-electron chi connectivity index (χ2n) is 4.78. The largest absolute Gasteiger partial charge is 0.481 e. The Kier molecular flexibility index (Phi) is 4.20. The number of carboxylic acids is 1. The summed E-state index contributed by atoms with van der Waals surface area (Å²) in [4.78, 5) is 23.0. The molecule has 1 aromatic heterocycles. The van der Waals surface area contributed by atoms with E-state index in [1.807, 2.05) is 0 Å². The first-order valence-corrected chi connectivity index (χ1v) is 7.70. The Bertz CT molecular complexity index is 848. The van der Waals surface area contributed by atoms with Gasteiger partial charge in [-0.15, -0.1) is 10.2 Å². The lowest BCUT2D eigenvalue weighted by molar-refractivity contribution is -0.136. The summed E-state index contributed by atoms with van der Waals surface area (Å²) < 4.78 is 14.1. The predicted octanol–water partition coefficient (Wildman–Crippen LogP) is 1.15. The first-order chi connectivity index (χ1) is 11.0. The second kappa shape index (κ2) is 6.29. The van der Waals surface area contributed by atoms with E-state index < -0.39 is 11.5 Å². The smallest absolute Gasteiger partial charge is 0.303 e. The zero-order valence-electron chi connectivity index (χ0n) is 11.8. The third kappa shape index (κ3) is 3.29. The van der Waals surface area contributed by atoms with Gasteiger partial charge in [-0.2, -0.15) is 9.78 Å². The molecule has 2 aromatic rings. The second-order valence-corrected chi connectivity index (χ2v) is 5.72. The molecule has 7 nitrogen and oxygen atoms in total. The van der Waals surface area contributed by atoms with Crippen LogP contribution in [0.25, 0.3) is 0 Å². The Morgan fingerprint density at radius 1 is 1.30 bits per heavy atom. The molecule has 0 spiro atoms. The highest BCUT2D eigenvalue weighted by Gasteiger charge is 2.19. The molecule has 1 aliphatic heterocycles. The van der Waals surface area contributed by atoms with Gasteiger partial charge in [0.25, 0.3) is 5.56 Å². The van der Waals surface area contributed by atoms with Crippen LogP contribution < -0.4 is 5.56 Å². The fraction of sp³-hybridized carbons (Fsp3) is 0.214. The summed E-state index contributed by atoms with van der Waals surface area (Å²) in [5.74, 6) is -0.884. The first kappa shape index (κ1) is 15.3. The third-order valence-corrected chi connectivity index (χ3v) is 4.12. The summed E-state index contributed by atoms with van der Waals surface area (Å²) in [6.45, 7) is 0. The fourth-order valence-electron chi connectivity index (χ4n) is 2.02. The van der Waals surface area contributed by atoms with E-state index in [-0.39, 0.29) is 24.4 Å². The summed E-state index contributed by atoms with van der Waals surface area (Å²) in [5, 5.41) is 21.0. The van der Waals surface area contributed by atoms with Crippen LogP contribution in [-0.4, -0.2) is 37.4 Å². The van der Waals surface area contributed by atoms with Crippen molar-refractivity contribution in [1.29, 1.82) is 0 Å². The maximum absolute atomic E-state index is 13.0. The summed E-state index contributed by atoms with van der Waals surface area (Å²) in [7, 11) is 0. The zero-order valence-corrected chi connectivity index (χ0v) is 12.6. The molecule has 0 amide bonds. The molecule has 1 aliphatic rings. The van der Waals surface area contributed by atoms with Gasteiger partial charge >= 0.3 is 5.97 Å². The average molecular weight is 334 g/mol. The maximum Gasteiger partial charge on any atom is 0.303 e. The molecule has 0 saturated carbocycles. The van der Waals surface area contributed by atoms with Crippen molar-refractivity contribution in [2.24, 2.45) is 5.10 Å². The molecule has 23 heavy (non-hydrogen) atoms. The molecule has 1 aromatic carbocycles. The zero-order chi connectivity index (χ0) is 16.4. The van der Waals surface area contributed by atoms with Crippen LogP contribution in [-0.2, 0) is 11.2 Å². The number of benzene rings is 1. The van der Waals surface area contributed by atoms with Gasteiger partial charge in [0.1, 0.15) is 11.5 Å². The van der Waals surface area contributed by atoms with E-state index in [1.54, 1.807) is 12.1 Å². The molecule has 0 atom stereocenters. The minimum atomic E-state index is -1.02. The Morgan fingerprint density at radius 2 is 2.04 bits per heavy atom. The lowest BCUT2D eigenvalue weighted by atomic mass is 10.1. The summed E-state index contributed by atoms with van der Waals surface area (Å²) in [5.41, 5.74) is 0.894. The highest BCUT2D eigenvalue weighted by atomic mass is 32.2. The monoisotopic (exact) mass is 334 g/mol. The van der Waals surface area contributed by atoms with Gasteiger partial charge in [0.05, 0.1) is 12.1 Å². The molecule has 0 fully saturated rings. The third-order valence-electron chi connectivity index (χ3n) is 3.19. The average Bonchev–Trinajstić information content (AvgIpc) is 2.55. The molecule has 0 aliphatic carbocycles. The topological polar surface area (TPSA) is 97.4 Å². The van der Waals surface area contributed by atoms with Crippen LogP contribution in [0.1, 0.15) is 17.7 Å². The van der Waals surface area contributed by atoms with E-state index >= 15 is 0 Å². The van der Waals surface area contributed by atoms with Crippen molar-refractivity contribution in [2.75, 3.05) is 5.75 Å². The number of hydrogen-bond donors (Lipinski definition) is 1. The van der Waals surface area contributed by atoms with Gasteiger partial charge in [-0.1, -0.05) is 23.9 Å². The van der Waals surface area contributed by atoms with Gasteiger partial charge in [-0.3, -0.25) is 9.59 Å². The summed E-state index contributed by atoms with van der Waals surface area (Å²) >= 11 is 1.29. The maximum atomic E-state index is 13.0. The Balaban J connectivity index is 1.98. The van der Waals surface area contributed by atoms with Crippen LogP contribution in [0, 0.1) is 5.82 Å².